The summed E-state index contributed by atoms with van der Waals surface area (Å²) in [6.45, 7) is 22.1. The standard InChI is InChI=1S/C26H39N5O3.C22H31N5O3/c1-5-34-25(32)20-17-21(30-11-9-19(10-12-30)29-13-15-33-16-14-29)22-23(18-7-6-8-18)28-31(24(22)27-20)26(2,3)4;1-2-30-22(28)17-14-18(19-20(15-4-3-5-15)24-25-21(19)23-17)27-8-6-16(7-9-27)26-10-12-29-13-11-26/h17-19H,5-16H2,1-4H3;14-16H,2-13H2,1H3,(H,23,24,25). The van der Waals surface area contributed by atoms with E-state index < -0.39 is 0 Å². The van der Waals surface area contributed by atoms with Crippen LogP contribution in [0.15, 0.2) is 12.1 Å². The number of nitrogens with zero attached hydrogens (tertiary/aromatic N) is 9. The van der Waals surface area contributed by atoms with Gasteiger partial charge in [0.2, 0.25) is 0 Å². The number of piperidine rings is 2. The zero-order valence-corrected chi connectivity index (χ0v) is 38.9. The second kappa shape index (κ2) is 19.6. The Morgan fingerprint density at radius 1 is 0.672 bits per heavy atom. The first-order chi connectivity index (χ1) is 31.1. The van der Waals surface area contributed by atoms with Crippen molar-refractivity contribution in [2.24, 2.45) is 0 Å². The second-order valence-corrected chi connectivity index (χ2v) is 19.5. The minimum atomic E-state index is -0.378. The minimum absolute atomic E-state index is 0.235. The molecule has 0 atom stereocenters. The number of rotatable bonds is 10. The molecule has 348 valence electrons. The van der Waals surface area contributed by atoms with Crippen molar-refractivity contribution in [3.05, 3.63) is 34.9 Å². The highest BCUT2D eigenvalue weighted by Crippen LogP contribution is 2.44. The Bertz CT molecular complexity index is 2230. The van der Waals surface area contributed by atoms with Crippen LogP contribution in [0.3, 0.4) is 0 Å². The second-order valence-electron chi connectivity index (χ2n) is 19.5. The van der Waals surface area contributed by atoms with Crippen LogP contribution in [0.5, 0.6) is 0 Å². The maximum atomic E-state index is 12.8. The third kappa shape index (κ3) is 9.34. The molecular weight excluding hydrogens is 813 g/mol. The molecule has 4 aromatic heterocycles. The molecule has 0 unspecified atom stereocenters. The fourth-order valence-corrected chi connectivity index (χ4v) is 10.5. The molecule has 2 aliphatic carbocycles. The zero-order valence-electron chi connectivity index (χ0n) is 38.9. The Balaban J connectivity index is 0.000000163. The molecule has 2 saturated carbocycles. The predicted octanol–water partition coefficient (Wildman–Crippen LogP) is 6.63. The van der Waals surface area contributed by atoms with Gasteiger partial charge in [0.15, 0.2) is 22.7 Å². The number of aromatic amines is 1. The summed E-state index contributed by atoms with van der Waals surface area (Å²) in [5.74, 6) is 0.263. The molecule has 64 heavy (non-hydrogen) atoms. The molecule has 4 aliphatic heterocycles. The normalized spacial score (nSPS) is 21.4. The van der Waals surface area contributed by atoms with Crippen molar-refractivity contribution in [3.8, 4) is 0 Å². The number of esters is 2. The summed E-state index contributed by atoms with van der Waals surface area (Å²) in [6.07, 6.45) is 11.7. The van der Waals surface area contributed by atoms with Gasteiger partial charge < -0.3 is 28.7 Å². The first kappa shape index (κ1) is 44.8. The number of nitrogens with one attached hydrogen (secondary N) is 1. The van der Waals surface area contributed by atoms with E-state index in [1.807, 2.05) is 30.7 Å². The minimum Gasteiger partial charge on any atom is -0.461 e. The molecule has 16 heteroatoms. The van der Waals surface area contributed by atoms with Crippen LogP contribution in [0.1, 0.15) is 143 Å². The maximum Gasteiger partial charge on any atom is 0.357 e. The van der Waals surface area contributed by atoms with Crippen molar-refractivity contribution < 1.29 is 28.5 Å². The van der Waals surface area contributed by atoms with E-state index in [9.17, 15) is 9.59 Å². The van der Waals surface area contributed by atoms with Crippen molar-refractivity contribution in [2.45, 2.75) is 128 Å². The van der Waals surface area contributed by atoms with Crippen LogP contribution in [0.4, 0.5) is 11.4 Å². The Kier molecular flexibility index (Phi) is 13.7. The molecule has 0 aromatic carbocycles. The van der Waals surface area contributed by atoms with E-state index in [1.165, 1.54) is 44.2 Å². The average molecular weight is 883 g/mol. The molecule has 4 aromatic rings. The van der Waals surface area contributed by atoms with Gasteiger partial charge >= 0.3 is 11.9 Å². The molecule has 0 spiro atoms. The summed E-state index contributed by atoms with van der Waals surface area (Å²) in [5.41, 5.74) is 6.46. The van der Waals surface area contributed by atoms with Gasteiger partial charge in [-0.25, -0.2) is 24.2 Å². The van der Waals surface area contributed by atoms with Gasteiger partial charge in [-0.15, -0.1) is 0 Å². The fourth-order valence-electron chi connectivity index (χ4n) is 10.5. The van der Waals surface area contributed by atoms with Crippen LogP contribution in [-0.4, -0.2) is 156 Å². The lowest BCUT2D eigenvalue weighted by molar-refractivity contribution is 0.0115. The number of anilines is 2. The van der Waals surface area contributed by atoms with Gasteiger partial charge in [-0.2, -0.15) is 10.2 Å². The summed E-state index contributed by atoms with van der Waals surface area (Å²) in [6, 6.07) is 5.10. The largest absolute Gasteiger partial charge is 0.461 e. The monoisotopic (exact) mass is 883 g/mol. The van der Waals surface area contributed by atoms with Gasteiger partial charge in [-0.05, 0) is 98.1 Å². The SMILES string of the molecule is CCOC(=O)c1cc(N2CCC(N3CCOCC3)CC2)c2c(C3CCC3)[nH]nc2n1.CCOC(=O)c1cc(N2CCC(N3CCOCC3)CC2)c2c(C3CCC3)nn(C(C)(C)C)c2n1. The smallest absolute Gasteiger partial charge is 0.357 e. The number of carbonyl (C=O) groups excluding carboxylic acids is 2. The summed E-state index contributed by atoms with van der Waals surface area (Å²) < 4.78 is 23.7. The lowest BCUT2D eigenvalue weighted by atomic mass is 9.82. The third-order valence-corrected chi connectivity index (χ3v) is 14.5. The van der Waals surface area contributed by atoms with Crippen LogP contribution < -0.4 is 9.80 Å². The van der Waals surface area contributed by atoms with E-state index in [0.717, 1.165) is 138 Å². The van der Waals surface area contributed by atoms with E-state index in [1.54, 1.807) is 0 Å². The number of carbonyl (C=O) groups is 2. The quantitative estimate of drug-likeness (QED) is 0.169. The number of fused-ring (bicyclic) bond motifs is 2. The van der Waals surface area contributed by atoms with Crippen molar-refractivity contribution in [2.75, 3.05) is 102 Å². The molecule has 6 fully saturated rings. The Morgan fingerprint density at radius 2 is 1.16 bits per heavy atom. The Hall–Kier alpha value is -4.38. The van der Waals surface area contributed by atoms with E-state index in [4.69, 9.17) is 29.0 Å². The van der Waals surface area contributed by atoms with Crippen LogP contribution in [0, 0.1) is 0 Å². The highest BCUT2D eigenvalue weighted by Gasteiger charge is 2.35. The molecule has 6 aliphatic rings. The number of aromatic nitrogens is 6. The number of pyridine rings is 2. The molecule has 0 radical (unpaired) electrons. The lowest BCUT2D eigenvalue weighted by Crippen LogP contribution is -2.49. The number of ether oxygens (including phenoxy) is 4. The first-order valence-electron chi connectivity index (χ1n) is 24.4. The number of hydrogen-bond acceptors (Lipinski definition) is 14. The van der Waals surface area contributed by atoms with Crippen molar-refractivity contribution >= 4 is 45.4 Å². The lowest BCUT2D eigenvalue weighted by Gasteiger charge is -2.41. The molecule has 1 N–H and O–H groups in total. The summed E-state index contributed by atoms with van der Waals surface area (Å²) >= 11 is 0. The maximum absolute atomic E-state index is 12.8. The van der Waals surface area contributed by atoms with Crippen LogP contribution in [-0.2, 0) is 24.5 Å². The van der Waals surface area contributed by atoms with Gasteiger partial charge in [-0.1, -0.05) is 12.8 Å². The third-order valence-electron chi connectivity index (χ3n) is 14.5. The summed E-state index contributed by atoms with van der Waals surface area (Å²) in [7, 11) is 0. The molecule has 4 saturated heterocycles. The fraction of sp³-hybridized carbons (Fsp3) is 0.708. The highest BCUT2D eigenvalue weighted by atomic mass is 16.5. The molecule has 10 rings (SSSR count). The average Bonchev–Trinajstić information content (AvgIpc) is 3.88. The van der Waals surface area contributed by atoms with Crippen molar-refractivity contribution in [3.63, 3.8) is 0 Å². The molecule has 0 bridgehead atoms. The van der Waals surface area contributed by atoms with E-state index in [-0.39, 0.29) is 17.5 Å². The summed E-state index contributed by atoms with van der Waals surface area (Å²) in [5, 5.41) is 15.1. The van der Waals surface area contributed by atoms with Gasteiger partial charge in [-0.3, -0.25) is 14.9 Å². The van der Waals surface area contributed by atoms with Gasteiger partial charge in [0.05, 0.1) is 73.0 Å². The van der Waals surface area contributed by atoms with E-state index >= 15 is 0 Å². The van der Waals surface area contributed by atoms with Crippen LogP contribution in [0.2, 0.25) is 0 Å². The van der Waals surface area contributed by atoms with Gasteiger partial charge in [0, 0.05) is 82.0 Å². The van der Waals surface area contributed by atoms with E-state index in [0.29, 0.717) is 54.2 Å². The van der Waals surface area contributed by atoms with Gasteiger partial charge in [0.1, 0.15) is 0 Å². The zero-order chi connectivity index (χ0) is 44.4. The Labute approximate surface area is 377 Å². The number of hydrogen-bond donors (Lipinski definition) is 1. The highest BCUT2D eigenvalue weighted by molar-refractivity contribution is 5.99. The molecule has 16 nitrogen and oxygen atoms in total. The Morgan fingerprint density at radius 3 is 1.61 bits per heavy atom. The number of morpholine rings is 2. The van der Waals surface area contributed by atoms with Crippen LogP contribution in [0.25, 0.3) is 22.1 Å². The molecule has 0 amide bonds. The molecule has 8 heterocycles. The van der Waals surface area contributed by atoms with Gasteiger partial charge in [0.25, 0.3) is 0 Å². The van der Waals surface area contributed by atoms with E-state index in [2.05, 4.69) is 55.6 Å². The topological polar surface area (TPSA) is 156 Å². The first-order valence-corrected chi connectivity index (χ1v) is 24.4. The summed E-state index contributed by atoms with van der Waals surface area (Å²) in [4.78, 5) is 44.6. The van der Waals surface area contributed by atoms with Crippen LogP contribution >= 0.6 is 0 Å². The number of H-pyrrole nitrogens is 1. The predicted molar refractivity (Wildman–Crippen MR) is 247 cm³/mol. The van der Waals surface area contributed by atoms with Crippen molar-refractivity contribution in [1.29, 1.82) is 0 Å². The molecular formula is C48H70N10O6. The van der Waals surface area contributed by atoms with Crippen molar-refractivity contribution in [1.82, 2.24) is 39.7 Å².